The summed E-state index contributed by atoms with van der Waals surface area (Å²) in [6.45, 7) is 0.379. The van der Waals surface area contributed by atoms with E-state index in [1.807, 2.05) is 72.8 Å². The second-order valence-corrected chi connectivity index (χ2v) is 10.2. The van der Waals surface area contributed by atoms with Gasteiger partial charge in [-0.3, -0.25) is 14.2 Å². The van der Waals surface area contributed by atoms with Gasteiger partial charge in [-0.1, -0.05) is 72.6 Å². The van der Waals surface area contributed by atoms with E-state index in [0.29, 0.717) is 38.9 Å². The molecule has 5 rings (SSSR count). The van der Waals surface area contributed by atoms with E-state index in [1.165, 1.54) is 24.6 Å². The van der Waals surface area contributed by atoms with E-state index in [1.54, 1.807) is 4.57 Å². The molecule has 1 fully saturated rings. The lowest BCUT2D eigenvalue weighted by Gasteiger charge is -2.14. The van der Waals surface area contributed by atoms with Crippen molar-refractivity contribution in [1.29, 1.82) is 0 Å². The molecule has 1 heterocycles. The average Bonchev–Trinajstić information content (AvgIpc) is 3.39. The summed E-state index contributed by atoms with van der Waals surface area (Å²) in [7, 11) is 0. The van der Waals surface area contributed by atoms with Crippen LogP contribution < -0.4 is 10.9 Å². The first-order valence-corrected chi connectivity index (χ1v) is 13.2. The van der Waals surface area contributed by atoms with E-state index in [2.05, 4.69) is 5.32 Å². The molecule has 0 aliphatic heterocycles. The fraction of sp³-hybridized carbons (Fsp3) is 0.250. The van der Waals surface area contributed by atoms with E-state index in [4.69, 9.17) is 16.6 Å². The summed E-state index contributed by atoms with van der Waals surface area (Å²) in [5.74, 6) is 0.634. The monoisotopic (exact) mass is 503 g/mol. The van der Waals surface area contributed by atoms with Crippen LogP contribution in [0.15, 0.2) is 82.7 Å². The Morgan fingerprint density at radius 1 is 0.971 bits per heavy atom. The van der Waals surface area contributed by atoms with Crippen LogP contribution in [0.2, 0.25) is 5.02 Å². The van der Waals surface area contributed by atoms with E-state index >= 15 is 0 Å². The van der Waals surface area contributed by atoms with E-state index in [-0.39, 0.29) is 17.5 Å². The molecule has 5 nitrogen and oxygen atoms in total. The zero-order chi connectivity index (χ0) is 24.2. The molecule has 1 N–H and O–H groups in total. The van der Waals surface area contributed by atoms with Crippen LogP contribution in [0.3, 0.4) is 0 Å². The van der Waals surface area contributed by atoms with Crippen LogP contribution in [0.1, 0.15) is 47.2 Å². The Bertz CT molecular complexity index is 1390. The zero-order valence-corrected chi connectivity index (χ0v) is 20.8. The Labute approximate surface area is 213 Å². The molecule has 0 atom stereocenters. The van der Waals surface area contributed by atoms with Crippen LogP contribution in [-0.2, 0) is 12.3 Å². The minimum Gasteiger partial charge on any atom is -0.349 e. The summed E-state index contributed by atoms with van der Waals surface area (Å²) >= 11 is 7.54. The topological polar surface area (TPSA) is 64.0 Å². The molecule has 0 bridgehead atoms. The number of rotatable bonds is 7. The van der Waals surface area contributed by atoms with Gasteiger partial charge in [0.1, 0.15) is 0 Å². The second-order valence-electron chi connectivity index (χ2n) is 8.87. The number of fused-ring (bicyclic) bond motifs is 1. The van der Waals surface area contributed by atoms with Crippen molar-refractivity contribution in [2.45, 2.75) is 49.2 Å². The van der Waals surface area contributed by atoms with Gasteiger partial charge in [-0.15, -0.1) is 0 Å². The third kappa shape index (κ3) is 5.60. The van der Waals surface area contributed by atoms with Gasteiger partial charge < -0.3 is 5.32 Å². The fourth-order valence-electron chi connectivity index (χ4n) is 4.41. The molecule has 1 aliphatic rings. The summed E-state index contributed by atoms with van der Waals surface area (Å²) in [6.07, 6.45) is 4.46. The molecule has 0 saturated heterocycles. The highest BCUT2D eigenvalue weighted by molar-refractivity contribution is 7.98. The predicted octanol–water partition coefficient (Wildman–Crippen LogP) is 6.06. The highest BCUT2D eigenvalue weighted by atomic mass is 35.5. The number of thioether (sulfide) groups is 1. The standard InChI is InChI=1S/C28H26ClN3O2S/c29-22-15-11-20(12-16-22)18-35-28-31-25-8-4-3-7-24(25)27(34)32(28)17-19-9-13-21(14-10-19)26(33)30-23-5-1-2-6-23/h3-4,7-16,23H,1-2,5-6,17-18H2,(H,30,33). The molecule has 7 heteroatoms. The van der Waals surface area contributed by atoms with Gasteiger partial charge in [0.15, 0.2) is 5.16 Å². The maximum atomic E-state index is 13.4. The summed E-state index contributed by atoms with van der Waals surface area (Å²) < 4.78 is 1.72. The van der Waals surface area contributed by atoms with E-state index in [0.717, 1.165) is 24.0 Å². The van der Waals surface area contributed by atoms with Crippen molar-refractivity contribution < 1.29 is 4.79 Å². The molecular weight excluding hydrogens is 478 g/mol. The van der Waals surface area contributed by atoms with Gasteiger partial charge in [-0.05, 0) is 60.4 Å². The molecule has 35 heavy (non-hydrogen) atoms. The molecule has 0 spiro atoms. The van der Waals surface area contributed by atoms with Gasteiger partial charge in [-0.25, -0.2) is 4.98 Å². The first kappa shape index (κ1) is 23.6. The lowest BCUT2D eigenvalue weighted by atomic mass is 10.1. The molecule has 4 aromatic rings. The van der Waals surface area contributed by atoms with Crippen LogP contribution >= 0.6 is 23.4 Å². The molecular formula is C28H26ClN3O2S. The van der Waals surface area contributed by atoms with Crippen molar-refractivity contribution in [2.24, 2.45) is 0 Å². The number of benzene rings is 3. The predicted molar refractivity (Wildman–Crippen MR) is 142 cm³/mol. The highest BCUT2D eigenvalue weighted by Crippen LogP contribution is 2.24. The number of aromatic nitrogens is 2. The second kappa shape index (κ2) is 10.7. The number of halogens is 1. The minimum atomic E-state index is -0.0720. The lowest BCUT2D eigenvalue weighted by molar-refractivity contribution is 0.0938. The molecule has 0 radical (unpaired) electrons. The summed E-state index contributed by atoms with van der Waals surface area (Å²) in [5, 5.41) is 5.07. The highest BCUT2D eigenvalue weighted by Gasteiger charge is 2.18. The number of carbonyl (C=O) groups is 1. The van der Waals surface area contributed by atoms with E-state index < -0.39 is 0 Å². The lowest BCUT2D eigenvalue weighted by Crippen LogP contribution is -2.32. The Morgan fingerprint density at radius 3 is 2.40 bits per heavy atom. The smallest absolute Gasteiger partial charge is 0.262 e. The molecule has 178 valence electrons. The van der Waals surface area contributed by atoms with Gasteiger partial charge in [-0.2, -0.15) is 0 Å². The number of nitrogens with one attached hydrogen (secondary N) is 1. The van der Waals surface area contributed by atoms with Gasteiger partial charge in [0.25, 0.3) is 11.5 Å². The number of nitrogens with zero attached hydrogens (tertiary/aromatic N) is 2. The van der Waals surface area contributed by atoms with Crippen LogP contribution in [0.25, 0.3) is 10.9 Å². The van der Waals surface area contributed by atoms with Gasteiger partial charge in [0.2, 0.25) is 0 Å². The van der Waals surface area contributed by atoms with Gasteiger partial charge in [0, 0.05) is 22.4 Å². The fourth-order valence-corrected chi connectivity index (χ4v) is 5.49. The Kier molecular flexibility index (Phi) is 7.21. The average molecular weight is 504 g/mol. The number of amides is 1. The van der Waals surface area contributed by atoms with E-state index in [9.17, 15) is 9.59 Å². The quantitative estimate of drug-likeness (QED) is 0.246. The maximum Gasteiger partial charge on any atom is 0.262 e. The summed E-state index contributed by atoms with van der Waals surface area (Å²) in [4.78, 5) is 30.8. The van der Waals surface area contributed by atoms with Crippen molar-refractivity contribution in [3.8, 4) is 0 Å². The summed E-state index contributed by atoms with van der Waals surface area (Å²) in [6, 6.07) is 22.9. The van der Waals surface area contributed by atoms with Crippen molar-refractivity contribution in [2.75, 3.05) is 0 Å². The number of para-hydroxylation sites is 1. The third-order valence-corrected chi connectivity index (χ3v) is 7.65. The van der Waals surface area contributed by atoms with Crippen molar-refractivity contribution in [3.05, 3.63) is 105 Å². The molecule has 1 aromatic heterocycles. The van der Waals surface area contributed by atoms with Crippen LogP contribution in [-0.4, -0.2) is 21.5 Å². The van der Waals surface area contributed by atoms with Crippen LogP contribution in [0.5, 0.6) is 0 Å². The first-order valence-electron chi connectivity index (χ1n) is 11.8. The molecule has 1 amide bonds. The normalized spacial score (nSPS) is 13.9. The third-order valence-electron chi connectivity index (χ3n) is 6.36. The molecule has 1 aliphatic carbocycles. The number of carbonyl (C=O) groups excluding carboxylic acids is 1. The molecule has 1 saturated carbocycles. The van der Waals surface area contributed by atoms with Crippen molar-refractivity contribution in [1.82, 2.24) is 14.9 Å². The van der Waals surface area contributed by atoms with Gasteiger partial charge >= 0.3 is 0 Å². The zero-order valence-electron chi connectivity index (χ0n) is 19.2. The maximum absolute atomic E-state index is 13.4. The number of hydrogen-bond acceptors (Lipinski definition) is 4. The van der Waals surface area contributed by atoms with Crippen molar-refractivity contribution in [3.63, 3.8) is 0 Å². The Morgan fingerprint density at radius 2 is 1.66 bits per heavy atom. The number of hydrogen-bond donors (Lipinski definition) is 1. The molecule has 3 aromatic carbocycles. The summed E-state index contributed by atoms with van der Waals surface area (Å²) in [5.41, 5.74) is 3.30. The van der Waals surface area contributed by atoms with Crippen molar-refractivity contribution >= 4 is 40.2 Å². The van der Waals surface area contributed by atoms with Crippen LogP contribution in [0.4, 0.5) is 0 Å². The Hall–Kier alpha value is -3.09. The Balaban J connectivity index is 1.39. The van der Waals surface area contributed by atoms with Crippen LogP contribution in [0, 0.1) is 0 Å². The first-order chi connectivity index (χ1) is 17.1. The minimum absolute atomic E-state index is 0.0350. The SMILES string of the molecule is O=C(NC1CCCC1)c1ccc(Cn2c(SCc3ccc(Cl)cc3)nc3ccccc3c2=O)cc1. The largest absolute Gasteiger partial charge is 0.349 e. The van der Waals surface area contributed by atoms with Gasteiger partial charge in [0.05, 0.1) is 17.4 Å². The molecule has 0 unspecified atom stereocenters.